The van der Waals surface area contributed by atoms with Crippen molar-refractivity contribution in [3.8, 4) is 0 Å². The first kappa shape index (κ1) is 22.0. The lowest BCUT2D eigenvalue weighted by Gasteiger charge is -2.53. The van der Waals surface area contributed by atoms with Crippen LogP contribution in [0.25, 0.3) is 0 Å². The molecule has 170 valence electrons. The van der Waals surface area contributed by atoms with Crippen LogP contribution in [-0.4, -0.2) is 68.9 Å². The number of amides is 3. The monoisotopic (exact) mass is 459 g/mol. The standard InChI is InChI=1S/C19H24F3N5O3S/c1-26-7-13(19(20,21)22)24-15(26)16(29)25-12-8-27(6-5-18(12)3-2-4-18)17(30)11-9-31-10-14(28)23-11/h7,11-12H,2-6,8-10H2,1H3,(H,23,28)(H,25,29)/t11-,12?/m0/s1. The van der Waals surface area contributed by atoms with E-state index >= 15 is 0 Å². The Hall–Kier alpha value is -2.24. The Bertz CT molecular complexity index is 899. The van der Waals surface area contributed by atoms with Crippen LogP contribution in [0, 0.1) is 5.41 Å². The number of carbonyl (C=O) groups is 3. The molecule has 31 heavy (non-hydrogen) atoms. The molecule has 1 unspecified atom stereocenters. The van der Waals surface area contributed by atoms with Crippen molar-refractivity contribution < 1.29 is 27.6 Å². The number of alkyl halides is 3. The summed E-state index contributed by atoms with van der Waals surface area (Å²) < 4.78 is 39.9. The number of piperidine rings is 1. The molecule has 0 bridgehead atoms. The molecule has 1 spiro atoms. The van der Waals surface area contributed by atoms with Crippen molar-refractivity contribution >= 4 is 29.5 Å². The second-order valence-electron chi connectivity index (χ2n) is 8.47. The van der Waals surface area contributed by atoms with Crippen molar-refractivity contribution in [3.63, 3.8) is 0 Å². The van der Waals surface area contributed by atoms with E-state index in [1.165, 1.54) is 18.8 Å². The Morgan fingerprint density at radius 2 is 2.06 bits per heavy atom. The minimum atomic E-state index is -4.64. The third-order valence-corrected chi connectivity index (χ3v) is 7.54. The van der Waals surface area contributed by atoms with Crippen LogP contribution < -0.4 is 10.6 Å². The molecule has 3 aliphatic rings. The van der Waals surface area contributed by atoms with Gasteiger partial charge in [0.05, 0.1) is 11.8 Å². The average molecular weight is 459 g/mol. The number of nitrogens with zero attached hydrogens (tertiary/aromatic N) is 3. The second kappa shape index (κ2) is 8.03. The van der Waals surface area contributed by atoms with Gasteiger partial charge in [0, 0.05) is 32.1 Å². The van der Waals surface area contributed by atoms with E-state index in [-0.39, 0.29) is 35.6 Å². The smallest absolute Gasteiger partial charge is 0.344 e. The highest BCUT2D eigenvalue weighted by Crippen LogP contribution is 2.49. The fraction of sp³-hybridized carbons (Fsp3) is 0.684. The van der Waals surface area contributed by atoms with Crippen molar-refractivity contribution in [3.05, 3.63) is 17.7 Å². The molecule has 3 amide bonds. The molecular formula is C19H24F3N5O3S. The zero-order valence-electron chi connectivity index (χ0n) is 17.0. The summed E-state index contributed by atoms with van der Waals surface area (Å²) in [6.07, 6.45) is -0.354. The molecule has 2 N–H and O–H groups in total. The van der Waals surface area contributed by atoms with Gasteiger partial charge in [-0.05, 0) is 24.7 Å². The van der Waals surface area contributed by atoms with Gasteiger partial charge in [0.15, 0.2) is 11.5 Å². The van der Waals surface area contributed by atoms with Crippen LogP contribution in [0.3, 0.4) is 0 Å². The lowest BCUT2D eigenvalue weighted by Crippen LogP contribution is -2.64. The molecule has 1 aromatic heterocycles. The predicted molar refractivity (Wildman–Crippen MR) is 106 cm³/mol. The van der Waals surface area contributed by atoms with E-state index in [1.807, 2.05) is 0 Å². The SMILES string of the molecule is Cn1cc(C(F)(F)F)nc1C(=O)NC1CN(C(=O)[C@@H]2CSCC(=O)N2)CCC12CCC2. The second-order valence-corrected chi connectivity index (χ2v) is 9.50. The van der Waals surface area contributed by atoms with Crippen LogP contribution in [0.4, 0.5) is 13.2 Å². The number of halogens is 3. The number of nitrogens with one attached hydrogen (secondary N) is 2. The van der Waals surface area contributed by atoms with Crippen molar-refractivity contribution in [2.45, 2.75) is 43.9 Å². The van der Waals surface area contributed by atoms with Crippen LogP contribution in [0.1, 0.15) is 42.0 Å². The number of thioether (sulfide) groups is 1. The minimum absolute atomic E-state index is 0.158. The summed E-state index contributed by atoms with van der Waals surface area (Å²) in [5.74, 6) is -0.551. The zero-order valence-corrected chi connectivity index (χ0v) is 17.8. The Labute approximate surface area is 181 Å². The van der Waals surface area contributed by atoms with Gasteiger partial charge in [0.1, 0.15) is 6.04 Å². The summed E-state index contributed by atoms with van der Waals surface area (Å²) in [7, 11) is 1.34. The van der Waals surface area contributed by atoms with E-state index in [4.69, 9.17) is 0 Å². The summed E-state index contributed by atoms with van der Waals surface area (Å²) in [6.45, 7) is 0.793. The van der Waals surface area contributed by atoms with Gasteiger partial charge in [-0.1, -0.05) is 6.42 Å². The molecule has 2 aliphatic heterocycles. The quantitative estimate of drug-likeness (QED) is 0.708. The number of hydrogen-bond acceptors (Lipinski definition) is 5. The van der Waals surface area contributed by atoms with E-state index in [0.717, 1.165) is 30.0 Å². The fourth-order valence-electron chi connectivity index (χ4n) is 4.60. The maximum absolute atomic E-state index is 13.0. The number of hydrogen-bond donors (Lipinski definition) is 2. The third kappa shape index (κ3) is 4.26. The molecule has 2 saturated heterocycles. The van der Waals surface area contributed by atoms with Crippen molar-refractivity contribution in [2.75, 3.05) is 24.6 Å². The highest BCUT2D eigenvalue weighted by Gasteiger charge is 2.49. The van der Waals surface area contributed by atoms with E-state index < -0.39 is 23.8 Å². The molecule has 1 aliphatic carbocycles. The number of aryl methyl sites for hydroxylation is 1. The molecule has 2 atom stereocenters. The van der Waals surface area contributed by atoms with Crippen LogP contribution in [0.15, 0.2) is 6.20 Å². The summed E-state index contributed by atoms with van der Waals surface area (Å²) in [5.41, 5.74) is -1.28. The van der Waals surface area contributed by atoms with Gasteiger partial charge in [-0.3, -0.25) is 14.4 Å². The zero-order chi connectivity index (χ0) is 22.4. The number of aromatic nitrogens is 2. The summed E-state index contributed by atoms with van der Waals surface area (Å²) in [5, 5.41) is 5.56. The van der Waals surface area contributed by atoms with Gasteiger partial charge < -0.3 is 20.1 Å². The van der Waals surface area contributed by atoms with Crippen molar-refractivity contribution in [1.29, 1.82) is 0 Å². The van der Waals surface area contributed by atoms with Gasteiger partial charge in [-0.15, -0.1) is 11.8 Å². The molecular weight excluding hydrogens is 435 g/mol. The Morgan fingerprint density at radius 3 is 2.65 bits per heavy atom. The fourth-order valence-corrected chi connectivity index (χ4v) is 5.45. The van der Waals surface area contributed by atoms with Crippen LogP contribution >= 0.6 is 11.8 Å². The molecule has 8 nitrogen and oxygen atoms in total. The van der Waals surface area contributed by atoms with Gasteiger partial charge >= 0.3 is 6.18 Å². The van der Waals surface area contributed by atoms with Gasteiger partial charge in [0.25, 0.3) is 5.91 Å². The number of likely N-dealkylation sites (tertiary alicyclic amines) is 1. The molecule has 12 heteroatoms. The Balaban J connectivity index is 1.49. The molecule has 1 aromatic rings. The van der Waals surface area contributed by atoms with Gasteiger partial charge in [-0.25, -0.2) is 4.98 Å². The van der Waals surface area contributed by atoms with E-state index in [2.05, 4.69) is 15.6 Å². The summed E-state index contributed by atoms with van der Waals surface area (Å²) >= 11 is 1.40. The highest BCUT2D eigenvalue weighted by molar-refractivity contribution is 8.00. The topological polar surface area (TPSA) is 96.3 Å². The lowest BCUT2D eigenvalue weighted by atomic mass is 9.60. The number of carbonyl (C=O) groups excluding carboxylic acids is 3. The van der Waals surface area contributed by atoms with Crippen molar-refractivity contribution in [1.82, 2.24) is 25.1 Å². The molecule has 0 radical (unpaired) electrons. The normalized spacial score (nSPS) is 25.7. The van der Waals surface area contributed by atoms with Crippen molar-refractivity contribution in [2.24, 2.45) is 12.5 Å². The average Bonchev–Trinajstić information content (AvgIpc) is 3.08. The first-order valence-electron chi connectivity index (χ1n) is 10.2. The highest BCUT2D eigenvalue weighted by atomic mass is 32.2. The molecule has 0 aromatic carbocycles. The first-order valence-corrected chi connectivity index (χ1v) is 11.3. The van der Waals surface area contributed by atoms with E-state index in [9.17, 15) is 27.6 Å². The lowest BCUT2D eigenvalue weighted by molar-refractivity contribution is -0.141. The molecule has 3 fully saturated rings. The molecule has 4 rings (SSSR count). The third-order valence-electron chi connectivity index (χ3n) is 6.51. The minimum Gasteiger partial charge on any atom is -0.344 e. The predicted octanol–water partition coefficient (Wildman–Crippen LogP) is 1.17. The van der Waals surface area contributed by atoms with Gasteiger partial charge in [0.2, 0.25) is 11.8 Å². The summed E-state index contributed by atoms with van der Waals surface area (Å²) in [4.78, 5) is 42.5. The Morgan fingerprint density at radius 1 is 1.32 bits per heavy atom. The maximum Gasteiger partial charge on any atom is 0.434 e. The van der Waals surface area contributed by atoms with Gasteiger partial charge in [-0.2, -0.15) is 13.2 Å². The number of imidazole rings is 1. The van der Waals surface area contributed by atoms with Crippen LogP contribution in [0.2, 0.25) is 0 Å². The van der Waals surface area contributed by atoms with Crippen LogP contribution in [0.5, 0.6) is 0 Å². The largest absolute Gasteiger partial charge is 0.434 e. The first-order chi connectivity index (χ1) is 14.6. The van der Waals surface area contributed by atoms with E-state index in [1.54, 1.807) is 4.90 Å². The Kier molecular flexibility index (Phi) is 5.69. The maximum atomic E-state index is 13.0. The van der Waals surface area contributed by atoms with E-state index in [0.29, 0.717) is 24.5 Å². The molecule has 3 heterocycles. The summed E-state index contributed by atoms with van der Waals surface area (Å²) in [6, 6.07) is -0.980. The molecule has 1 saturated carbocycles. The van der Waals surface area contributed by atoms with Crippen LogP contribution in [-0.2, 0) is 22.8 Å². The number of rotatable bonds is 3.